The molecule has 0 fully saturated rings. The van der Waals surface area contributed by atoms with Crippen LogP contribution in [0.3, 0.4) is 0 Å². The van der Waals surface area contributed by atoms with Crippen molar-refractivity contribution in [1.82, 2.24) is 0 Å². The van der Waals surface area contributed by atoms with Crippen LogP contribution >= 0.6 is 7.82 Å². The molecule has 0 saturated heterocycles. The summed E-state index contributed by atoms with van der Waals surface area (Å²) in [5, 5.41) is 26.2. The van der Waals surface area contributed by atoms with Crippen molar-refractivity contribution in [2.24, 2.45) is 0 Å². The molecule has 0 heterocycles. The van der Waals surface area contributed by atoms with E-state index in [2.05, 4.69) is 44.1 Å². The van der Waals surface area contributed by atoms with Crippen molar-refractivity contribution in [2.75, 3.05) is 26.4 Å². The maximum atomic E-state index is 12.0. The number of phosphoric ester groups is 1. The molecule has 0 rings (SSSR count). The molecule has 0 radical (unpaired) electrons. The van der Waals surface area contributed by atoms with Gasteiger partial charge in [-0.15, -0.1) is 0 Å². The zero-order chi connectivity index (χ0) is 48.3. The van der Waals surface area contributed by atoms with Crippen LogP contribution in [-0.4, -0.2) is 31.3 Å². The molecule has 0 aromatic rings. The fourth-order valence-corrected chi connectivity index (χ4v) is 8.47. The lowest BCUT2D eigenvalue weighted by Crippen LogP contribution is -2.03. The summed E-state index contributed by atoms with van der Waals surface area (Å²) in [6.45, 7) is 4.82. The summed E-state index contributed by atoms with van der Waals surface area (Å²) in [6, 6.07) is 0. The van der Waals surface area contributed by atoms with Crippen LogP contribution in [0.1, 0.15) is 284 Å². The summed E-state index contributed by atoms with van der Waals surface area (Å²) in [5.74, 6) is 0. The molecule has 0 unspecified atom stereocenters. The first kappa shape index (κ1) is 65.9. The predicted octanol–water partition coefficient (Wildman–Crippen LogP) is 18.1. The standard InChI is InChI=1S/C52H103O14P/c1-3-5-7-9-11-13-15-17-19-21-23-25-27-29-31-33-35-37-39-41-47-55-61-65-63-57-49-43-45-51-59-67(53,54)60-52-46-44-50-58-64-66-62-56-48-42-40-38-36-34-32-30-28-26-24-22-20-18-16-14-12-10-8-6-4-2/h41-42,47-48H,3-40,43-46,49-52H2,1-2H3,(H,53,54). The van der Waals surface area contributed by atoms with Crippen LogP contribution in [0.15, 0.2) is 24.7 Å². The molecular weight excluding hydrogens is 880 g/mol. The number of rotatable bonds is 60. The van der Waals surface area contributed by atoms with Gasteiger partial charge in [-0.25, -0.2) is 14.3 Å². The Balaban J connectivity index is 3.28. The van der Waals surface area contributed by atoms with Gasteiger partial charge in [-0.2, -0.15) is 0 Å². The van der Waals surface area contributed by atoms with E-state index in [0.717, 1.165) is 25.7 Å². The average molecular weight is 983 g/mol. The first-order valence-electron chi connectivity index (χ1n) is 27.6. The van der Waals surface area contributed by atoms with Crippen LogP contribution in [0.5, 0.6) is 0 Å². The number of hydrogen-bond acceptors (Lipinski definition) is 13. The topological polar surface area (TPSA) is 148 Å². The van der Waals surface area contributed by atoms with Crippen molar-refractivity contribution in [3.8, 4) is 0 Å². The molecule has 0 aromatic carbocycles. The van der Waals surface area contributed by atoms with E-state index >= 15 is 0 Å². The Morgan fingerprint density at radius 2 is 0.567 bits per heavy atom. The Morgan fingerprint density at radius 1 is 0.313 bits per heavy atom. The fraction of sp³-hybridized carbons (Fsp3) is 0.923. The van der Waals surface area contributed by atoms with Crippen molar-refractivity contribution in [1.29, 1.82) is 0 Å². The maximum Gasteiger partial charge on any atom is 0.472 e. The average Bonchev–Trinajstić information content (AvgIpc) is 3.32. The molecule has 67 heavy (non-hydrogen) atoms. The second-order valence-electron chi connectivity index (χ2n) is 18.1. The van der Waals surface area contributed by atoms with Gasteiger partial charge in [0.2, 0.25) is 0 Å². The Kier molecular flexibility index (Phi) is 58.2. The molecule has 0 spiro atoms. The highest BCUT2D eigenvalue weighted by molar-refractivity contribution is 7.47. The van der Waals surface area contributed by atoms with E-state index < -0.39 is 7.82 Å². The van der Waals surface area contributed by atoms with E-state index in [4.69, 9.17) is 28.6 Å². The molecule has 0 saturated carbocycles. The van der Waals surface area contributed by atoms with Gasteiger partial charge >= 0.3 is 7.82 Å². The van der Waals surface area contributed by atoms with Crippen molar-refractivity contribution in [3.63, 3.8) is 0 Å². The molecule has 0 aliphatic heterocycles. The largest absolute Gasteiger partial charge is 0.472 e. The Labute approximate surface area is 409 Å². The van der Waals surface area contributed by atoms with E-state index in [0.29, 0.717) is 25.7 Å². The Hall–Kier alpha value is -1.13. The van der Waals surface area contributed by atoms with Gasteiger partial charge in [0.1, 0.15) is 12.5 Å². The maximum absolute atomic E-state index is 12.0. The summed E-state index contributed by atoms with van der Waals surface area (Å²) < 4.78 is 21.9. The van der Waals surface area contributed by atoms with Crippen molar-refractivity contribution in [3.05, 3.63) is 24.7 Å². The van der Waals surface area contributed by atoms with Gasteiger partial charge in [-0.1, -0.05) is 232 Å². The minimum Gasteiger partial charge on any atom is -0.314 e. The summed E-state index contributed by atoms with van der Waals surface area (Å²) in [6.07, 6.45) is 59.1. The summed E-state index contributed by atoms with van der Waals surface area (Å²) in [4.78, 5) is 28.9. The van der Waals surface area contributed by atoms with Crippen LogP contribution < -0.4 is 0 Å². The van der Waals surface area contributed by atoms with Crippen molar-refractivity contribution in [2.45, 2.75) is 284 Å². The monoisotopic (exact) mass is 983 g/mol. The summed E-state index contributed by atoms with van der Waals surface area (Å²) in [7, 11) is -4.18. The van der Waals surface area contributed by atoms with Crippen LogP contribution in [0.4, 0.5) is 0 Å². The normalized spacial score (nSPS) is 12.8. The van der Waals surface area contributed by atoms with Gasteiger partial charge in [0.15, 0.2) is 0 Å². The van der Waals surface area contributed by atoms with Crippen molar-refractivity contribution >= 4 is 7.82 Å². The number of hydrogen-bond donors (Lipinski definition) is 1. The molecule has 0 bridgehead atoms. The third kappa shape index (κ3) is 60.9. The third-order valence-corrected chi connectivity index (χ3v) is 12.8. The molecule has 15 heteroatoms. The highest BCUT2D eigenvalue weighted by Crippen LogP contribution is 2.43. The lowest BCUT2D eigenvalue weighted by atomic mass is 10.0. The van der Waals surface area contributed by atoms with Gasteiger partial charge in [0.25, 0.3) is 0 Å². The molecule has 400 valence electrons. The van der Waals surface area contributed by atoms with E-state index in [9.17, 15) is 9.46 Å². The lowest BCUT2D eigenvalue weighted by Gasteiger charge is -2.11. The van der Waals surface area contributed by atoms with E-state index in [1.54, 1.807) is 0 Å². The first-order chi connectivity index (χ1) is 33.1. The highest BCUT2D eigenvalue weighted by atomic mass is 31.2. The molecule has 0 aliphatic rings. The van der Waals surface area contributed by atoms with E-state index in [-0.39, 0.29) is 26.4 Å². The van der Waals surface area contributed by atoms with Gasteiger partial charge in [-0.3, -0.25) is 9.05 Å². The van der Waals surface area contributed by atoms with Crippen LogP contribution in [0, 0.1) is 0 Å². The zero-order valence-electron chi connectivity index (χ0n) is 43.0. The van der Waals surface area contributed by atoms with Crippen LogP contribution in [0.2, 0.25) is 0 Å². The zero-order valence-corrected chi connectivity index (χ0v) is 43.9. The predicted molar refractivity (Wildman–Crippen MR) is 266 cm³/mol. The second kappa shape index (κ2) is 59.2. The minimum atomic E-state index is -4.18. The molecule has 14 nitrogen and oxygen atoms in total. The number of unbranched alkanes of at least 4 members (excludes halogenated alkanes) is 38. The molecule has 0 aromatic heterocycles. The second-order valence-corrected chi connectivity index (χ2v) is 19.6. The minimum absolute atomic E-state index is 0.00693. The van der Waals surface area contributed by atoms with Crippen LogP contribution in [0.25, 0.3) is 0 Å². The Bertz CT molecular complexity index is 949. The molecule has 1 N–H and O–H groups in total. The van der Waals surface area contributed by atoms with Gasteiger partial charge in [-0.05, 0) is 73.6 Å². The highest BCUT2D eigenvalue weighted by Gasteiger charge is 2.20. The van der Waals surface area contributed by atoms with E-state index in [1.165, 1.54) is 231 Å². The van der Waals surface area contributed by atoms with Crippen LogP contribution in [-0.2, 0) is 63.4 Å². The quantitative estimate of drug-likeness (QED) is 0.0203. The fourth-order valence-electron chi connectivity index (χ4n) is 7.67. The summed E-state index contributed by atoms with van der Waals surface area (Å²) >= 11 is 0. The molecule has 0 atom stereocenters. The number of phosphoric acid groups is 1. The molecule has 0 amide bonds. The Morgan fingerprint density at radius 3 is 0.851 bits per heavy atom. The van der Waals surface area contributed by atoms with Crippen molar-refractivity contribution < 1.29 is 68.3 Å². The lowest BCUT2D eigenvalue weighted by molar-refractivity contribution is -0.700. The molecular formula is C52H103O14P. The number of allylic oxidation sites excluding steroid dienone is 2. The summed E-state index contributed by atoms with van der Waals surface area (Å²) in [5.41, 5.74) is 0. The first-order valence-corrected chi connectivity index (χ1v) is 29.1. The third-order valence-electron chi connectivity index (χ3n) is 11.8. The van der Waals surface area contributed by atoms with E-state index in [1.807, 2.05) is 12.2 Å². The molecule has 0 aliphatic carbocycles. The van der Waals surface area contributed by atoms with Gasteiger partial charge in [0, 0.05) is 20.2 Å². The van der Waals surface area contributed by atoms with Gasteiger partial charge in [0.05, 0.1) is 26.4 Å². The van der Waals surface area contributed by atoms with Gasteiger partial charge < -0.3 is 14.7 Å². The SMILES string of the molecule is CCCCCCCCCCCCCCCCCCCCC=COOOOOCCCCOP(=O)(O)OCCCCOOOOOC=CCCCCCCCCCCCCCCCCCCCC. The smallest absolute Gasteiger partial charge is 0.314 e.